The van der Waals surface area contributed by atoms with E-state index in [9.17, 15) is 28.2 Å². The van der Waals surface area contributed by atoms with Crippen LogP contribution in [0.2, 0.25) is 0 Å². The summed E-state index contributed by atoms with van der Waals surface area (Å²) >= 11 is 0. The van der Waals surface area contributed by atoms with Crippen LogP contribution in [0.1, 0.15) is 41.5 Å². The largest absolute Gasteiger partial charge is 0.504 e. The molecule has 6 nitrogen and oxygen atoms in total. The average molecular weight is 541 g/mol. The zero-order chi connectivity index (χ0) is 27.7. The lowest BCUT2D eigenvalue weighted by Gasteiger charge is -2.66. The molecule has 4 aliphatic rings. The number of hydrogen-bond acceptors (Lipinski definition) is 5. The third-order valence-corrected chi connectivity index (χ3v) is 9.37. The van der Waals surface area contributed by atoms with Gasteiger partial charge in [-0.15, -0.1) is 6.58 Å². The van der Waals surface area contributed by atoms with Gasteiger partial charge < -0.3 is 19.8 Å². The molecule has 2 N–H and O–H groups in total. The molecule has 2 fully saturated rings. The molecule has 2 aromatic carbocycles. The normalized spacial score (nSPS) is 31.1. The van der Waals surface area contributed by atoms with E-state index in [1.165, 1.54) is 29.2 Å². The van der Waals surface area contributed by atoms with Gasteiger partial charge in [-0.1, -0.05) is 24.3 Å². The molecule has 1 amide bonds. The highest BCUT2D eigenvalue weighted by molar-refractivity contribution is 5.92. The number of benzene rings is 2. The van der Waals surface area contributed by atoms with E-state index in [4.69, 9.17) is 4.74 Å². The molecule has 9 heteroatoms. The second-order valence-electron chi connectivity index (χ2n) is 11.1. The summed E-state index contributed by atoms with van der Waals surface area (Å²) in [5, 5.41) is 23.6. The number of phenols is 1. The van der Waals surface area contributed by atoms with Gasteiger partial charge in [-0.05, 0) is 67.6 Å². The number of halogens is 3. The fourth-order valence-corrected chi connectivity index (χ4v) is 7.77. The van der Waals surface area contributed by atoms with Crippen molar-refractivity contribution in [3.63, 3.8) is 0 Å². The Balaban J connectivity index is 1.38. The Kier molecular flexibility index (Phi) is 5.89. The minimum atomic E-state index is -4.48. The Labute approximate surface area is 225 Å². The van der Waals surface area contributed by atoms with E-state index in [0.29, 0.717) is 44.5 Å². The van der Waals surface area contributed by atoms with Gasteiger partial charge >= 0.3 is 6.18 Å². The summed E-state index contributed by atoms with van der Waals surface area (Å²) in [6.07, 6.45) is 1.83. The summed E-state index contributed by atoms with van der Waals surface area (Å²) in [7, 11) is 1.64. The molecule has 6 rings (SSSR count). The molecule has 2 aliphatic carbocycles. The van der Waals surface area contributed by atoms with Crippen LogP contribution in [0.4, 0.5) is 13.2 Å². The molecule has 0 aromatic heterocycles. The number of hydrogen-bond donors (Lipinski definition) is 2. The van der Waals surface area contributed by atoms with Crippen LogP contribution in [0, 0.1) is 0 Å². The van der Waals surface area contributed by atoms with E-state index in [-0.39, 0.29) is 23.5 Å². The van der Waals surface area contributed by atoms with Crippen LogP contribution in [0.15, 0.2) is 55.1 Å². The lowest BCUT2D eigenvalue weighted by Crippen LogP contribution is -2.81. The van der Waals surface area contributed by atoms with Crippen molar-refractivity contribution in [1.82, 2.24) is 9.80 Å². The number of carbonyl (C=O) groups excluding carboxylic acids is 1. The van der Waals surface area contributed by atoms with E-state index < -0.39 is 34.7 Å². The third kappa shape index (κ3) is 3.59. The molecule has 1 saturated carbocycles. The number of alkyl halides is 3. The SMILES string of the molecule is C=CCN1CC[C@]23c4c5ccc(O)c4O[C@H]2CC[C@H](N(C)C(=O)C=Cc2cccc(C(F)(F)F)c2)[C@@]3(O)[C@H]1C5. The van der Waals surface area contributed by atoms with Crippen LogP contribution in [-0.2, 0) is 22.8 Å². The standard InChI is InChI=1S/C30H31F3N2O4/c1-3-14-35-15-13-28-24-11-10-22(29(28,38)23(35)17-19-8-9-21(36)27(39-24)26(19)28)34(2)25(37)12-7-18-5-4-6-20(16-18)30(31,32)33/h3-9,12,16,22-24,36,38H,1,10-11,13-15,17H2,2H3/t22-,23+,24-,28+,29+/m0/s1. The number of aliphatic hydroxyl groups is 1. The van der Waals surface area contributed by atoms with Crippen molar-refractivity contribution in [2.75, 3.05) is 20.1 Å². The minimum Gasteiger partial charge on any atom is -0.504 e. The van der Waals surface area contributed by atoms with E-state index in [2.05, 4.69) is 11.5 Å². The second kappa shape index (κ2) is 8.86. The molecule has 39 heavy (non-hydrogen) atoms. The maximum atomic E-state index is 13.4. The second-order valence-corrected chi connectivity index (χ2v) is 11.1. The number of likely N-dealkylation sites (N-methyl/N-ethyl adjacent to an activating group) is 1. The van der Waals surface area contributed by atoms with Gasteiger partial charge in [-0.25, -0.2) is 0 Å². The van der Waals surface area contributed by atoms with Gasteiger partial charge in [-0.2, -0.15) is 13.2 Å². The van der Waals surface area contributed by atoms with Crippen molar-refractivity contribution in [2.24, 2.45) is 0 Å². The number of phenolic OH excluding ortho intramolecular Hbond substituents is 1. The zero-order valence-electron chi connectivity index (χ0n) is 21.6. The van der Waals surface area contributed by atoms with Crippen molar-refractivity contribution in [3.05, 3.63) is 77.4 Å². The van der Waals surface area contributed by atoms with Crippen molar-refractivity contribution in [3.8, 4) is 11.5 Å². The molecule has 1 saturated heterocycles. The zero-order valence-corrected chi connectivity index (χ0v) is 21.6. The van der Waals surface area contributed by atoms with Gasteiger partial charge in [0.1, 0.15) is 11.7 Å². The number of ether oxygens (including phenoxy) is 1. The van der Waals surface area contributed by atoms with Crippen LogP contribution >= 0.6 is 0 Å². The summed E-state index contributed by atoms with van der Waals surface area (Å²) in [5.41, 5.74) is -0.801. The molecule has 2 aliphatic heterocycles. The molecule has 206 valence electrons. The quantitative estimate of drug-likeness (QED) is 0.437. The van der Waals surface area contributed by atoms with Crippen LogP contribution in [-0.4, -0.2) is 69.8 Å². The van der Waals surface area contributed by atoms with Crippen molar-refractivity contribution < 1.29 is 32.9 Å². The minimum absolute atomic E-state index is 0.0526. The Bertz CT molecular complexity index is 1370. The molecule has 0 radical (unpaired) electrons. The van der Waals surface area contributed by atoms with Gasteiger partial charge in [0.2, 0.25) is 5.91 Å². The fourth-order valence-electron chi connectivity index (χ4n) is 7.77. The molecule has 5 atom stereocenters. The molecule has 1 spiro atoms. The first kappa shape index (κ1) is 26.0. The maximum absolute atomic E-state index is 13.4. The Morgan fingerprint density at radius 2 is 2.08 bits per heavy atom. The van der Waals surface area contributed by atoms with E-state index in [1.54, 1.807) is 13.1 Å². The number of piperidine rings is 1. The van der Waals surface area contributed by atoms with E-state index >= 15 is 0 Å². The summed E-state index contributed by atoms with van der Waals surface area (Å²) in [5.74, 6) is 0.0809. The lowest BCUT2D eigenvalue weighted by atomic mass is 9.47. The predicted octanol–water partition coefficient (Wildman–Crippen LogP) is 4.29. The van der Waals surface area contributed by atoms with Crippen molar-refractivity contribution in [1.29, 1.82) is 0 Å². The van der Waals surface area contributed by atoms with Crippen molar-refractivity contribution in [2.45, 2.75) is 61.1 Å². The highest BCUT2D eigenvalue weighted by atomic mass is 19.4. The number of aromatic hydroxyl groups is 1. The fraction of sp³-hybridized carbons (Fsp3) is 0.433. The highest BCUT2D eigenvalue weighted by Crippen LogP contribution is 2.65. The molecule has 2 bridgehead atoms. The van der Waals surface area contributed by atoms with Crippen LogP contribution in [0.25, 0.3) is 6.08 Å². The predicted molar refractivity (Wildman–Crippen MR) is 139 cm³/mol. The van der Waals surface area contributed by atoms with Gasteiger partial charge in [0.25, 0.3) is 0 Å². The molecular weight excluding hydrogens is 509 g/mol. The maximum Gasteiger partial charge on any atom is 0.416 e. The Morgan fingerprint density at radius 1 is 1.28 bits per heavy atom. The molecular formula is C30H31F3N2O4. The monoisotopic (exact) mass is 540 g/mol. The summed E-state index contributed by atoms with van der Waals surface area (Å²) in [6, 6.07) is 7.47. The van der Waals surface area contributed by atoms with Crippen LogP contribution in [0.3, 0.4) is 0 Å². The number of rotatable bonds is 5. The molecule has 2 heterocycles. The third-order valence-electron chi connectivity index (χ3n) is 9.37. The Hall–Kier alpha value is -3.30. The Morgan fingerprint density at radius 3 is 2.82 bits per heavy atom. The van der Waals surface area contributed by atoms with Crippen LogP contribution < -0.4 is 4.74 Å². The smallest absolute Gasteiger partial charge is 0.416 e. The van der Waals surface area contributed by atoms with E-state index in [0.717, 1.165) is 23.3 Å². The van der Waals surface area contributed by atoms with Gasteiger partial charge in [-0.3, -0.25) is 9.69 Å². The lowest BCUT2D eigenvalue weighted by molar-refractivity contribution is -0.215. The van der Waals surface area contributed by atoms with Crippen molar-refractivity contribution >= 4 is 12.0 Å². The number of likely N-dealkylation sites (tertiary alicyclic amines) is 1. The number of amides is 1. The van der Waals surface area contributed by atoms with Crippen LogP contribution in [0.5, 0.6) is 11.5 Å². The molecule has 2 aromatic rings. The highest BCUT2D eigenvalue weighted by Gasteiger charge is 2.74. The molecule has 0 unspecified atom stereocenters. The first-order valence-corrected chi connectivity index (χ1v) is 13.2. The van der Waals surface area contributed by atoms with Gasteiger partial charge in [0, 0.05) is 31.3 Å². The first-order chi connectivity index (χ1) is 18.5. The van der Waals surface area contributed by atoms with E-state index in [1.807, 2.05) is 12.1 Å². The number of nitrogens with zero attached hydrogens (tertiary/aromatic N) is 2. The summed E-state index contributed by atoms with van der Waals surface area (Å²) in [6.45, 7) is 5.19. The number of carbonyl (C=O) groups is 1. The van der Waals surface area contributed by atoms with Gasteiger partial charge in [0.05, 0.1) is 17.0 Å². The summed E-state index contributed by atoms with van der Waals surface area (Å²) < 4.78 is 45.8. The average Bonchev–Trinajstić information content (AvgIpc) is 3.24. The first-order valence-electron chi connectivity index (χ1n) is 13.2. The summed E-state index contributed by atoms with van der Waals surface area (Å²) in [4.78, 5) is 17.2. The topological polar surface area (TPSA) is 73.2 Å². The van der Waals surface area contributed by atoms with Gasteiger partial charge in [0.15, 0.2) is 11.5 Å².